The maximum absolute atomic E-state index is 9.99. The van der Waals surface area contributed by atoms with Crippen molar-refractivity contribution >= 4 is 5.91 Å². The molecule has 1 amide bonds. The van der Waals surface area contributed by atoms with Gasteiger partial charge in [0.15, 0.2) is 0 Å². The van der Waals surface area contributed by atoms with Gasteiger partial charge in [0, 0.05) is 14.0 Å². The summed E-state index contributed by atoms with van der Waals surface area (Å²) in [5.41, 5.74) is 7.21. The molecule has 42 valence electrons. The monoisotopic (exact) mass is 103 g/mol. The van der Waals surface area contributed by atoms with Crippen LogP contribution in [0, 0.1) is 0 Å². The molecule has 0 radical (unpaired) electrons. The highest BCUT2D eigenvalue weighted by atomic mass is 16.2. The lowest BCUT2D eigenvalue weighted by Crippen LogP contribution is -2.43. The summed E-state index contributed by atoms with van der Waals surface area (Å²) in [6, 6.07) is 0. The zero-order valence-corrected chi connectivity index (χ0v) is 4.41. The maximum Gasteiger partial charge on any atom is 0.232 e. The van der Waals surface area contributed by atoms with E-state index < -0.39 is 0 Å². The third kappa shape index (κ3) is 5.39. The molecule has 0 atom stereocenters. The second-order valence-electron chi connectivity index (χ2n) is 1.06. The van der Waals surface area contributed by atoms with Crippen molar-refractivity contribution in [3.8, 4) is 0 Å². The lowest BCUT2D eigenvalue weighted by molar-refractivity contribution is -0.120. The highest BCUT2D eigenvalue weighted by Crippen LogP contribution is 1.46. The first-order valence-corrected chi connectivity index (χ1v) is 1.95. The summed E-state index contributed by atoms with van der Waals surface area (Å²) in [5, 5.41) is 0. The minimum atomic E-state index is -0.116. The van der Waals surface area contributed by atoms with Crippen LogP contribution in [-0.4, -0.2) is 13.0 Å². The molecule has 7 heavy (non-hydrogen) atoms. The van der Waals surface area contributed by atoms with E-state index in [1.54, 1.807) is 7.05 Å². The van der Waals surface area contributed by atoms with Crippen LogP contribution in [0.15, 0.2) is 0 Å². The standard InChI is InChI=1S/C3H9N3O/c1-3(7)5-6-4-2/h4,6H,1-2H3,(H,5,7). The van der Waals surface area contributed by atoms with E-state index in [1.807, 2.05) is 0 Å². The molecule has 0 saturated carbocycles. The number of rotatable bonds is 2. The maximum atomic E-state index is 9.99. The van der Waals surface area contributed by atoms with Crippen LogP contribution in [-0.2, 0) is 4.79 Å². The SMILES string of the molecule is CNNNC(C)=O. The predicted octanol–water partition coefficient (Wildman–Crippen LogP) is -1.24. The van der Waals surface area contributed by atoms with Crippen molar-refractivity contribution in [1.82, 2.24) is 16.4 Å². The van der Waals surface area contributed by atoms with Crippen molar-refractivity contribution in [2.45, 2.75) is 6.92 Å². The second-order valence-corrected chi connectivity index (χ2v) is 1.06. The molecule has 0 aliphatic carbocycles. The third-order valence-electron chi connectivity index (χ3n) is 0.364. The number of amides is 1. The van der Waals surface area contributed by atoms with Crippen LogP contribution in [0.5, 0.6) is 0 Å². The van der Waals surface area contributed by atoms with Crippen molar-refractivity contribution < 1.29 is 4.79 Å². The Morgan fingerprint density at radius 3 is 2.29 bits per heavy atom. The molecule has 0 aromatic carbocycles. The van der Waals surface area contributed by atoms with Crippen LogP contribution in [0.3, 0.4) is 0 Å². The normalized spacial score (nSPS) is 8.29. The van der Waals surface area contributed by atoms with Crippen LogP contribution in [0.2, 0.25) is 0 Å². The third-order valence-corrected chi connectivity index (χ3v) is 0.364. The van der Waals surface area contributed by atoms with E-state index in [-0.39, 0.29) is 5.91 Å². The van der Waals surface area contributed by atoms with Crippen LogP contribution >= 0.6 is 0 Å². The first-order chi connectivity index (χ1) is 3.27. The van der Waals surface area contributed by atoms with Gasteiger partial charge in [-0.2, -0.15) is 5.53 Å². The second kappa shape index (κ2) is 3.58. The van der Waals surface area contributed by atoms with Crippen molar-refractivity contribution in [1.29, 1.82) is 0 Å². The molecular weight excluding hydrogens is 94.1 g/mol. The van der Waals surface area contributed by atoms with Gasteiger partial charge in [-0.25, -0.2) is 5.43 Å². The molecule has 4 nitrogen and oxygen atoms in total. The number of hydrogen-bond donors (Lipinski definition) is 3. The van der Waals surface area contributed by atoms with Crippen LogP contribution < -0.4 is 16.4 Å². The first kappa shape index (κ1) is 6.39. The van der Waals surface area contributed by atoms with E-state index in [1.165, 1.54) is 6.92 Å². The molecule has 0 aliphatic heterocycles. The molecule has 0 saturated heterocycles. The molecule has 3 N–H and O–H groups in total. The van der Waals surface area contributed by atoms with E-state index in [9.17, 15) is 4.79 Å². The minimum absolute atomic E-state index is 0.116. The Kier molecular flexibility index (Phi) is 3.26. The smallest absolute Gasteiger partial charge is 0.232 e. The molecule has 0 unspecified atom stereocenters. The molecule has 0 heterocycles. The molecule has 0 fully saturated rings. The van der Waals surface area contributed by atoms with Gasteiger partial charge in [0.05, 0.1) is 0 Å². The van der Waals surface area contributed by atoms with Gasteiger partial charge >= 0.3 is 0 Å². The lowest BCUT2D eigenvalue weighted by atomic mass is 10.8. The zero-order chi connectivity index (χ0) is 5.70. The van der Waals surface area contributed by atoms with Crippen molar-refractivity contribution in [2.24, 2.45) is 0 Å². The number of carbonyl (C=O) groups excluding carboxylic acids is 1. The summed E-state index contributed by atoms with van der Waals surface area (Å²) in [5.74, 6) is -0.116. The molecule has 4 heteroatoms. The predicted molar refractivity (Wildman–Crippen MR) is 26.0 cm³/mol. The Balaban J connectivity index is 2.82. The first-order valence-electron chi connectivity index (χ1n) is 1.95. The van der Waals surface area contributed by atoms with Crippen molar-refractivity contribution in [3.05, 3.63) is 0 Å². The van der Waals surface area contributed by atoms with Gasteiger partial charge < -0.3 is 0 Å². The van der Waals surface area contributed by atoms with Gasteiger partial charge in [-0.15, -0.1) is 0 Å². The molecule has 0 spiro atoms. The molecule has 0 rings (SSSR count). The topological polar surface area (TPSA) is 53.2 Å². The Morgan fingerprint density at radius 1 is 1.57 bits per heavy atom. The summed E-state index contributed by atoms with van der Waals surface area (Å²) in [7, 11) is 1.66. The Bertz CT molecular complexity index is 63.2. The van der Waals surface area contributed by atoms with E-state index in [0.717, 1.165) is 0 Å². The summed E-state index contributed by atoms with van der Waals surface area (Å²) in [6.07, 6.45) is 0. The van der Waals surface area contributed by atoms with Crippen molar-refractivity contribution in [2.75, 3.05) is 7.05 Å². The lowest BCUT2D eigenvalue weighted by Gasteiger charge is -1.98. The Labute approximate surface area is 42.2 Å². The number of hydrogen-bond acceptors (Lipinski definition) is 3. The van der Waals surface area contributed by atoms with Crippen LogP contribution in [0.1, 0.15) is 6.92 Å². The zero-order valence-electron chi connectivity index (χ0n) is 4.41. The average Bonchev–Trinajstić information content (AvgIpc) is 1.61. The number of hydrazine groups is 2. The van der Waals surface area contributed by atoms with Gasteiger partial charge in [-0.1, -0.05) is 0 Å². The average molecular weight is 103 g/mol. The molecule has 0 bridgehead atoms. The fourth-order valence-corrected chi connectivity index (χ4v) is 0.151. The summed E-state index contributed by atoms with van der Waals surface area (Å²) >= 11 is 0. The van der Waals surface area contributed by atoms with Crippen LogP contribution in [0.25, 0.3) is 0 Å². The summed E-state index contributed by atoms with van der Waals surface area (Å²) in [6.45, 7) is 1.42. The summed E-state index contributed by atoms with van der Waals surface area (Å²) in [4.78, 5) is 9.99. The van der Waals surface area contributed by atoms with Gasteiger partial charge in [0.2, 0.25) is 5.91 Å². The minimum Gasteiger partial charge on any atom is -0.278 e. The van der Waals surface area contributed by atoms with Gasteiger partial charge in [0.25, 0.3) is 0 Å². The molecule has 0 aromatic rings. The van der Waals surface area contributed by atoms with E-state index >= 15 is 0 Å². The molecular formula is C3H9N3O. The van der Waals surface area contributed by atoms with Gasteiger partial charge in [-0.05, 0) is 0 Å². The van der Waals surface area contributed by atoms with E-state index in [0.29, 0.717) is 0 Å². The molecule has 0 aromatic heterocycles. The number of nitrogens with one attached hydrogen (secondary N) is 3. The van der Waals surface area contributed by atoms with Gasteiger partial charge in [-0.3, -0.25) is 10.2 Å². The fraction of sp³-hybridized carbons (Fsp3) is 0.667. The van der Waals surface area contributed by atoms with Crippen LogP contribution in [0.4, 0.5) is 0 Å². The highest BCUT2D eigenvalue weighted by molar-refractivity contribution is 5.72. The quantitative estimate of drug-likeness (QED) is 0.383. The summed E-state index contributed by atoms with van der Waals surface area (Å²) < 4.78 is 0. The largest absolute Gasteiger partial charge is 0.278 e. The van der Waals surface area contributed by atoms with E-state index in [2.05, 4.69) is 16.4 Å². The van der Waals surface area contributed by atoms with E-state index in [4.69, 9.17) is 0 Å². The van der Waals surface area contributed by atoms with Crippen molar-refractivity contribution in [3.63, 3.8) is 0 Å². The fourth-order valence-electron chi connectivity index (χ4n) is 0.151. The highest BCUT2D eigenvalue weighted by Gasteiger charge is 1.80. The Morgan fingerprint density at radius 2 is 2.14 bits per heavy atom. The molecule has 0 aliphatic rings. The Hall–Kier alpha value is -0.610. The number of carbonyl (C=O) groups is 1. The van der Waals surface area contributed by atoms with Gasteiger partial charge in [0.1, 0.15) is 0 Å².